The van der Waals surface area contributed by atoms with E-state index < -0.39 is 16.0 Å². The molecule has 20 heavy (non-hydrogen) atoms. The summed E-state index contributed by atoms with van der Waals surface area (Å²) in [5.74, 6) is 0.0832. The van der Waals surface area contributed by atoms with E-state index in [9.17, 15) is 13.2 Å². The van der Waals surface area contributed by atoms with Crippen LogP contribution in [0.25, 0.3) is 10.1 Å². The van der Waals surface area contributed by atoms with Gasteiger partial charge in [-0.2, -0.15) is 0 Å². The van der Waals surface area contributed by atoms with Gasteiger partial charge < -0.3 is 0 Å². The van der Waals surface area contributed by atoms with Crippen molar-refractivity contribution in [1.29, 1.82) is 0 Å². The van der Waals surface area contributed by atoms with Gasteiger partial charge in [-0.15, -0.1) is 13.2 Å². The minimum atomic E-state index is -4.21. The molecule has 1 aromatic heterocycles. The number of alkyl halides is 3. The lowest BCUT2D eigenvalue weighted by atomic mass is 9.88. The SMILES string of the molecule is FC(F)(F)[s+]1c(C2CCCCC2)cc2ccc(Cl)cc21. The first kappa shape index (κ1) is 14.2. The van der Waals surface area contributed by atoms with Crippen molar-refractivity contribution < 1.29 is 13.2 Å². The van der Waals surface area contributed by atoms with E-state index in [1.54, 1.807) is 18.2 Å². The average molecular weight is 320 g/mol. The summed E-state index contributed by atoms with van der Waals surface area (Å²) in [5, 5.41) is 1.07. The number of hydrogen-bond donors (Lipinski definition) is 0. The van der Waals surface area contributed by atoms with Crippen LogP contribution < -0.4 is 0 Å². The van der Waals surface area contributed by atoms with Crippen LogP contribution in [-0.2, 0) is 5.51 Å². The Kier molecular flexibility index (Phi) is 3.71. The van der Waals surface area contributed by atoms with Gasteiger partial charge >= 0.3 is 5.51 Å². The van der Waals surface area contributed by atoms with Crippen molar-refractivity contribution in [2.45, 2.75) is 43.5 Å². The van der Waals surface area contributed by atoms with Gasteiger partial charge in [-0.05, 0) is 25.0 Å². The lowest BCUT2D eigenvalue weighted by Crippen LogP contribution is -2.06. The maximum absolute atomic E-state index is 13.5. The molecule has 0 aliphatic heterocycles. The molecule has 1 saturated carbocycles. The predicted molar refractivity (Wildman–Crippen MR) is 78.6 cm³/mol. The fraction of sp³-hybridized carbons (Fsp3) is 0.467. The van der Waals surface area contributed by atoms with E-state index in [4.69, 9.17) is 11.6 Å². The Morgan fingerprint density at radius 3 is 2.40 bits per heavy atom. The van der Waals surface area contributed by atoms with Gasteiger partial charge in [0.25, 0.3) is 0 Å². The highest BCUT2D eigenvalue weighted by Gasteiger charge is 2.49. The van der Waals surface area contributed by atoms with Crippen LogP contribution in [-0.4, -0.2) is 0 Å². The molecule has 1 unspecified atom stereocenters. The molecule has 0 bridgehead atoms. The van der Waals surface area contributed by atoms with E-state index in [-0.39, 0.29) is 5.92 Å². The standard InChI is InChI=1S/C15H15ClF3S/c16-12-7-6-11-8-13(10-4-2-1-3-5-10)20(14(11)9-12)15(17,18)19/h6-10H,1-5H2/q+1. The maximum Gasteiger partial charge on any atom is 0.600 e. The third-order valence-electron chi connectivity index (χ3n) is 3.97. The van der Waals surface area contributed by atoms with Gasteiger partial charge in [-0.3, -0.25) is 0 Å². The summed E-state index contributed by atoms with van der Waals surface area (Å²) in [6.45, 7) is 0. The second-order valence-electron chi connectivity index (χ2n) is 5.32. The molecule has 1 aromatic carbocycles. The second-order valence-corrected chi connectivity index (χ2v) is 7.74. The first-order valence-electron chi connectivity index (χ1n) is 6.79. The van der Waals surface area contributed by atoms with E-state index in [2.05, 4.69) is 0 Å². The van der Waals surface area contributed by atoms with E-state index in [1.807, 2.05) is 0 Å². The van der Waals surface area contributed by atoms with Gasteiger partial charge in [-0.25, -0.2) is 0 Å². The molecule has 1 fully saturated rings. The molecule has 108 valence electrons. The zero-order valence-corrected chi connectivity index (χ0v) is 12.4. The monoisotopic (exact) mass is 319 g/mol. The highest BCUT2D eigenvalue weighted by Crippen LogP contribution is 2.55. The summed E-state index contributed by atoms with van der Waals surface area (Å²) in [6, 6.07) is 6.62. The van der Waals surface area contributed by atoms with Crippen molar-refractivity contribution in [1.82, 2.24) is 0 Å². The maximum atomic E-state index is 13.5. The first-order valence-corrected chi connectivity index (χ1v) is 8.39. The minimum absolute atomic E-state index is 0.0832. The van der Waals surface area contributed by atoms with Crippen molar-refractivity contribution in [2.75, 3.05) is 0 Å². The molecule has 1 heterocycles. The smallest absolute Gasteiger partial charge is 0.118 e. The zero-order chi connectivity index (χ0) is 14.3. The topological polar surface area (TPSA) is 0 Å². The summed E-state index contributed by atoms with van der Waals surface area (Å²) in [5.41, 5.74) is -4.21. The van der Waals surface area contributed by atoms with Crippen LogP contribution in [0.15, 0.2) is 24.3 Å². The van der Waals surface area contributed by atoms with Crippen LogP contribution in [0.5, 0.6) is 0 Å². The van der Waals surface area contributed by atoms with Crippen LogP contribution >= 0.6 is 22.1 Å². The summed E-state index contributed by atoms with van der Waals surface area (Å²) in [7, 11) is -1.79. The highest BCUT2D eigenvalue weighted by atomic mass is 35.5. The summed E-state index contributed by atoms with van der Waals surface area (Å²) >= 11 is 5.89. The van der Waals surface area contributed by atoms with Crippen LogP contribution in [0.1, 0.15) is 42.9 Å². The van der Waals surface area contributed by atoms with Crippen LogP contribution in [0, 0.1) is 0 Å². The predicted octanol–water partition coefficient (Wildman–Crippen LogP) is 6.77. The number of halogens is 4. The Morgan fingerprint density at radius 1 is 1.05 bits per heavy atom. The van der Waals surface area contributed by atoms with E-state index in [0.29, 0.717) is 20.0 Å². The lowest BCUT2D eigenvalue weighted by molar-refractivity contribution is -0.0868. The molecule has 1 aliphatic carbocycles. The van der Waals surface area contributed by atoms with Crippen molar-refractivity contribution in [2.24, 2.45) is 0 Å². The largest absolute Gasteiger partial charge is 0.600 e. The summed E-state index contributed by atoms with van der Waals surface area (Å²) in [4.78, 5) is 0.578. The molecule has 0 saturated heterocycles. The average Bonchev–Trinajstić information content (AvgIpc) is 2.78. The Labute approximate surface area is 123 Å². The van der Waals surface area contributed by atoms with Gasteiger partial charge in [0, 0.05) is 28.5 Å². The molecule has 1 atom stereocenters. The molecule has 0 N–H and O–H groups in total. The van der Waals surface area contributed by atoms with Gasteiger partial charge in [-0.1, -0.05) is 30.9 Å². The van der Waals surface area contributed by atoms with Crippen LogP contribution in [0.3, 0.4) is 0 Å². The van der Waals surface area contributed by atoms with E-state index >= 15 is 0 Å². The molecule has 3 rings (SSSR count). The third-order valence-corrected chi connectivity index (χ3v) is 6.38. The Bertz CT molecular complexity index is 624. The number of rotatable bonds is 1. The van der Waals surface area contributed by atoms with E-state index in [1.165, 1.54) is 6.07 Å². The molecule has 0 amide bonds. The molecule has 5 heteroatoms. The Balaban J connectivity index is 2.19. The number of benzene rings is 1. The molecular weight excluding hydrogens is 305 g/mol. The van der Waals surface area contributed by atoms with Gasteiger partial charge in [0.1, 0.15) is 0 Å². The van der Waals surface area contributed by atoms with Crippen molar-refractivity contribution >= 4 is 32.2 Å². The Morgan fingerprint density at radius 2 is 1.75 bits per heavy atom. The van der Waals surface area contributed by atoms with Crippen molar-refractivity contribution in [3.05, 3.63) is 34.2 Å². The van der Waals surface area contributed by atoms with Gasteiger partial charge in [0.15, 0.2) is 9.58 Å². The van der Waals surface area contributed by atoms with E-state index in [0.717, 1.165) is 32.1 Å². The summed E-state index contributed by atoms with van der Waals surface area (Å²) < 4.78 is 40.9. The minimum Gasteiger partial charge on any atom is -0.118 e. The molecular formula is C15H15ClF3S+. The van der Waals surface area contributed by atoms with Crippen molar-refractivity contribution in [3.63, 3.8) is 0 Å². The number of fused-ring (bicyclic) bond motifs is 1. The normalized spacial score (nSPS) is 18.7. The molecule has 1 aliphatic rings. The van der Waals surface area contributed by atoms with Gasteiger partial charge in [0.2, 0.25) is 0 Å². The number of hydrogen-bond acceptors (Lipinski definition) is 0. The fourth-order valence-electron chi connectivity index (χ4n) is 3.07. The first-order chi connectivity index (χ1) is 9.47. The molecule has 0 radical (unpaired) electrons. The Hall–Kier alpha value is -0.740. The third kappa shape index (κ3) is 2.56. The highest BCUT2D eigenvalue weighted by molar-refractivity contribution is 7.38. The second kappa shape index (κ2) is 5.23. The number of thiophene rings is 1. The van der Waals surface area contributed by atoms with Crippen molar-refractivity contribution in [3.8, 4) is 0 Å². The fourth-order valence-corrected chi connectivity index (χ4v) is 5.50. The van der Waals surface area contributed by atoms with Crippen LogP contribution in [0.2, 0.25) is 5.02 Å². The van der Waals surface area contributed by atoms with Crippen LogP contribution in [0.4, 0.5) is 13.2 Å². The molecule has 0 nitrogen and oxygen atoms in total. The molecule has 2 aromatic rings. The summed E-state index contributed by atoms with van der Waals surface area (Å²) in [6.07, 6.45) is 4.98. The lowest BCUT2D eigenvalue weighted by Gasteiger charge is -2.18. The molecule has 0 spiro atoms. The zero-order valence-electron chi connectivity index (χ0n) is 10.8. The van der Waals surface area contributed by atoms with Gasteiger partial charge in [0.05, 0.1) is 10.5 Å². The quantitative estimate of drug-likeness (QED) is 0.509.